The van der Waals surface area contributed by atoms with E-state index in [1.165, 1.54) is 70.3 Å². The van der Waals surface area contributed by atoms with Gasteiger partial charge in [0.1, 0.15) is 0 Å². The smallest absolute Gasteiger partial charge is 0.0886 e. The van der Waals surface area contributed by atoms with Gasteiger partial charge in [0.05, 0.1) is 6.17 Å². The molecule has 2 aromatic rings. The van der Waals surface area contributed by atoms with Gasteiger partial charge >= 0.3 is 0 Å². The molecule has 0 saturated carbocycles. The minimum absolute atomic E-state index is 0.446. The minimum atomic E-state index is 0.446. The Hall–Kier alpha value is -2.08. The second-order valence-corrected chi connectivity index (χ2v) is 7.80. The molecule has 2 heteroatoms. The monoisotopic (exact) mass is 358 g/mol. The maximum Gasteiger partial charge on any atom is 0.0886 e. The van der Waals surface area contributed by atoms with Gasteiger partial charge in [-0.3, -0.25) is 9.80 Å². The summed E-state index contributed by atoms with van der Waals surface area (Å²) in [6, 6.07) is 19.2. The molecule has 140 valence electrons. The van der Waals surface area contributed by atoms with E-state index >= 15 is 0 Å². The maximum atomic E-state index is 3.31. The quantitative estimate of drug-likeness (QED) is 0.708. The molecule has 0 aromatic heterocycles. The summed E-state index contributed by atoms with van der Waals surface area (Å²) >= 11 is 0. The molecule has 2 heterocycles. The summed E-state index contributed by atoms with van der Waals surface area (Å²) in [7, 11) is 0. The highest BCUT2D eigenvalue weighted by Gasteiger charge is 2.28. The van der Waals surface area contributed by atoms with Gasteiger partial charge in [0.25, 0.3) is 0 Å². The van der Waals surface area contributed by atoms with E-state index in [0.29, 0.717) is 6.17 Å². The van der Waals surface area contributed by atoms with Crippen molar-refractivity contribution in [3.63, 3.8) is 0 Å². The van der Waals surface area contributed by atoms with Crippen LogP contribution in [0.5, 0.6) is 0 Å². The van der Waals surface area contributed by atoms with Crippen LogP contribution >= 0.6 is 0 Å². The lowest BCUT2D eigenvalue weighted by atomic mass is 10.0. The molecule has 2 aliphatic rings. The van der Waals surface area contributed by atoms with Gasteiger partial charge in [-0.2, -0.15) is 0 Å². The lowest BCUT2D eigenvalue weighted by molar-refractivity contribution is 0.0156. The molecule has 0 bridgehead atoms. The molecular weight excluding hydrogens is 328 g/mol. The Morgan fingerprint density at radius 1 is 0.556 bits per heavy atom. The van der Waals surface area contributed by atoms with E-state index < -0.39 is 0 Å². The number of rotatable bonds is 3. The van der Waals surface area contributed by atoms with Crippen molar-refractivity contribution in [3.8, 4) is 11.8 Å². The van der Waals surface area contributed by atoms with Crippen molar-refractivity contribution in [3.05, 3.63) is 71.3 Å². The van der Waals surface area contributed by atoms with E-state index in [2.05, 4.69) is 58.0 Å². The van der Waals surface area contributed by atoms with Crippen molar-refractivity contribution in [1.82, 2.24) is 9.80 Å². The summed E-state index contributed by atoms with van der Waals surface area (Å²) in [4.78, 5) is 5.42. The minimum Gasteiger partial charge on any atom is -0.284 e. The first-order valence-electron chi connectivity index (χ1n) is 10.6. The Kier molecular flexibility index (Phi) is 6.25. The van der Waals surface area contributed by atoms with Crippen LogP contribution in [0.25, 0.3) is 0 Å². The molecule has 2 saturated heterocycles. The maximum absolute atomic E-state index is 3.31. The summed E-state index contributed by atoms with van der Waals surface area (Å²) < 4.78 is 0. The SMILES string of the molecule is C(#Cc1ccc(C(N2CCCCC2)N2CCCCC2)cc1)c1ccccc1. The lowest BCUT2D eigenvalue weighted by Gasteiger charge is -2.43. The van der Waals surface area contributed by atoms with Crippen molar-refractivity contribution in [2.24, 2.45) is 0 Å². The third-order valence-corrected chi connectivity index (χ3v) is 5.81. The Morgan fingerprint density at radius 2 is 1.04 bits per heavy atom. The zero-order chi connectivity index (χ0) is 18.3. The molecular formula is C25H30N2. The highest BCUT2D eigenvalue weighted by molar-refractivity contribution is 5.43. The fourth-order valence-electron chi connectivity index (χ4n) is 4.38. The first-order valence-corrected chi connectivity index (χ1v) is 10.6. The molecule has 2 fully saturated rings. The molecule has 0 amide bonds. The van der Waals surface area contributed by atoms with Crippen LogP contribution in [0.4, 0.5) is 0 Å². The number of benzene rings is 2. The third kappa shape index (κ3) is 4.80. The van der Waals surface area contributed by atoms with Crippen molar-refractivity contribution in [1.29, 1.82) is 0 Å². The Balaban J connectivity index is 1.54. The summed E-state index contributed by atoms with van der Waals surface area (Å²) in [5.74, 6) is 6.57. The Bertz CT molecular complexity index is 739. The predicted molar refractivity (Wildman–Crippen MR) is 112 cm³/mol. The normalized spacial score (nSPS) is 18.9. The van der Waals surface area contributed by atoms with Gasteiger partial charge in [-0.1, -0.05) is 55.0 Å². The highest BCUT2D eigenvalue weighted by Crippen LogP contribution is 2.30. The van der Waals surface area contributed by atoms with Crippen LogP contribution in [0.2, 0.25) is 0 Å². The van der Waals surface area contributed by atoms with Gasteiger partial charge < -0.3 is 0 Å². The van der Waals surface area contributed by atoms with Gasteiger partial charge in [0, 0.05) is 11.1 Å². The van der Waals surface area contributed by atoms with Gasteiger partial charge in [0.2, 0.25) is 0 Å². The fourth-order valence-corrected chi connectivity index (χ4v) is 4.38. The van der Waals surface area contributed by atoms with Crippen molar-refractivity contribution < 1.29 is 0 Å². The number of hydrogen-bond acceptors (Lipinski definition) is 2. The second kappa shape index (κ2) is 9.22. The van der Waals surface area contributed by atoms with Crippen LogP contribution in [-0.4, -0.2) is 36.0 Å². The van der Waals surface area contributed by atoms with Crippen LogP contribution in [0.1, 0.15) is 61.4 Å². The van der Waals surface area contributed by atoms with Crippen LogP contribution < -0.4 is 0 Å². The lowest BCUT2D eigenvalue weighted by Crippen LogP contribution is -2.45. The van der Waals surface area contributed by atoms with Crippen LogP contribution in [0.3, 0.4) is 0 Å². The molecule has 0 N–H and O–H groups in total. The molecule has 2 aliphatic heterocycles. The number of hydrogen-bond donors (Lipinski definition) is 0. The summed E-state index contributed by atoms with van der Waals surface area (Å²) in [5.41, 5.74) is 3.60. The summed E-state index contributed by atoms with van der Waals surface area (Å²) in [6.45, 7) is 4.93. The third-order valence-electron chi connectivity index (χ3n) is 5.81. The van der Waals surface area contributed by atoms with E-state index in [0.717, 1.165) is 11.1 Å². The average molecular weight is 359 g/mol. The van der Waals surface area contributed by atoms with Crippen LogP contribution in [0.15, 0.2) is 54.6 Å². The molecule has 0 radical (unpaired) electrons. The van der Waals surface area contributed by atoms with E-state index in [4.69, 9.17) is 0 Å². The molecule has 27 heavy (non-hydrogen) atoms. The van der Waals surface area contributed by atoms with Gasteiger partial charge in [-0.05, 0) is 81.7 Å². The van der Waals surface area contributed by atoms with Crippen molar-refractivity contribution in [2.45, 2.75) is 44.7 Å². The molecule has 2 aromatic carbocycles. The van der Waals surface area contributed by atoms with Gasteiger partial charge in [-0.25, -0.2) is 0 Å². The number of likely N-dealkylation sites (tertiary alicyclic amines) is 2. The average Bonchev–Trinajstić information content (AvgIpc) is 2.76. The predicted octanol–water partition coefficient (Wildman–Crippen LogP) is 5.06. The van der Waals surface area contributed by atoms with Crippen LogP contribution in [0, 0.1) is 11.8 Å². The number of piperidine rings is 2. The van der Waals surface area contributed by atoms with Crippen molar-refractivity contribution >= 4 is 0 Å². The Morgan fingerprint density at radius 3 is 1.56 bits per heavy atom. The first-order chi connectivity index (χ1) is 13.4. The molecule has 2 nitrogen and oxygen atoms in total. The molecule has 0 spiro atoms. The highest BCUT2D eigenvalue weighted by atomic mass is 15.4. The molecule has 0 unspecified atom stereocenters. The standard InChI is InChI=1S/C25H30N2/c1-4-10-22(11-5-1)12-13-23-14-16-24(17-15-23)25(26-18-6-2-7-19-26)27-20-8-3-9-21-27/h1,4-5,10-11,14-17,25H,2-3,6-9,18-21H2. The number of nitrogens with zero attached hydrogens (tertiary/aromatic N) is 2. The zero-order valence-electron chi connectivity index (χ0n) is 16.2. The van der Waals surface area contributed by atoms with Crippen LogP contribution in [-0.2, 0) is 0 Å². The van der Waals surface area contributed by atoms with E-state index in [9.17, 15) is 0 Å². The Labute approximate surface area is 164 Å². The van der Waals surface area contributed by atoms with E-state index in [1.54, 1.807) is 0 Å². The van der Waals surface area contributed by atoms with Crippen molar-refractivity contribution in [2.75, 3.05) is 26.2 Å². The van der Waals surface area contributed by atoms with E-state index in [1.807, 2.05) is 18.2 Å². The molecule has 4 rings (SSSR count). The molecule has 0 atom stereocenters. The first kappa shape index (κ1) is 18.3. The van der Waals surface area contributed by atoms with Gasteiger partial charge in [0.15, 0.2) is 0 Å². The van der Waals surface area contributed by atoms with Gasteiger partial charge in [-0.15, -0.1) is 0 Å². The summed E-state index contributed by atoms with van der Waals surface area (Å²) in [6.07, 6.45) is 8.57. The summed E-state index contributed by atoms with van der Waals surface area (Å²) in [5, 5.41) is 0. The largest absolute Gasteiger partial charge is 0.284 e. The molecule has 0 aliphatic carbocycles. The fraction of sp³-hybridized carbons (Fsp3) is 0.440. The zero-order valence-corrected chi connectivity index (χ0v) is 16.2. The van der Waals surface area contributed by atoms with E-state index in [-0.39, 0.29) is 0 Å². The second-order valence-electron chi connectivity index (χ2n) is 7.80. The topological polar surface area (TPSA) is 6.48 Å².